The summed E-state index contributed by atoms with van der Waals surface area (Å²) < 4.78 is 0. The van der Waals surface area contributed by atoms with Gasteiger partial charge < -0.3 is 10.2 Å². The van der Waals surface area contributed by atoms with Gasteiger partial charge in [-0.15, -0.1) is 0 Å². The van der Waals surface area contributed by atoms with E-state index in [9.17, 15) is 0 Å². The van der Waals surface area contributed by atoms with E-state index in [0.717, 1.165) is 13.1 Å². The molecular formula is C12H17N3. The fraction of sp³-hybridized carbons (Fsp3) is 0.583. The van der Waals surface area contributed by atoms with Crippen LogP contribution in [-0.2, 0) is 0 Å². The molecule has 0 aliphatic carbocycles. The van der Waals surface area contributed by atoms with Gasteiger partial charge in [-0.25, -0.2) is 0 Å². The number of aromatic nitrogens is 1. The Morgan fingerprint density at radius 3 is 2.93 bits per heavy atom. The zero-order valence-corrected chi connectivity index (χ0v) is 8.95. The summed E-state index contributed by atoms with van der Waals surface area (Å²) in [6.07, 6.45) is 7.85. The van der Waals surface area contributed by atoms with Gasteiger partial charge in [0.15, 0.2) is 0 Å². The Morgan fingerprint density at radius 1 is 1.33 bits per heavy atom. The highest BCUT2D eigenvalue weighted by Gasteiger charge is 2.43. The SMILES string of the molecule is c1cncc(N2CC3(CCCCN3)C2)c1. The largest absolute Gasteiger partial charge is 0.366 e. The molecule has 1 spiro atoms. The molecule has 0 saturated carbocycles. The molecule has 0 amide bonds. The Bertz CT molecular complexity index is 322. The minimum Gasteiger partial charge on any atom is -0.366 e. The summed E-state index contributed by atoms with van der Waals surface area (Å²) in [5.74, 6) is 0. The second kappa shape index (κ2) is 3.49. The third-order valence-electron chi connectivity index (χ3n) is 3.58. The normalized spacial score (nSPS) is 23.9. The molecule has 3 heterocycles. The lowest BCUT2D eigenvalue weighted by atomic mass is 9.81. The van der Waals surface area contributed by atoms with E-state index in [1.165, 1.54) is 31.5 Å². The van der Waals surface area contributed by atoms with Crippen molar-refractivity contribution in [2.75, 3.05) is 24.5 Å². The van der Waals surface area contributed by atoms with E-state index in [-0.39, 0.29) is 0 Å². The van der Waals surface area contributed by atoms with Gasteiger partial charge >= 0.3 is 0 Å². The van der Waals surface area contributed by atoms with Gasteiger partial charge in [0.2, 0.25) is 0 Å². The van der Waals surface area contributed by atoms with Crippen LogP contribution < -0.4 is 10.2 Å². The molecule has 0 radical (unpaired) electrons. The van der Waals surface area contributed by atoms with Crippen LogP contribution in [-0.4, -0.2) is 30.2 Å². The summed E-state index contributed by atoms with van der Waals surface area (Å²) in [5, 5.41) is 3.67. The van der Waals surface area contributed by atoms with Crippen LogP contribution in [0.4, 0.5) is 5.69 Å². The molecule has 3 nitrogen and oxygen atoms in total. The van der Waals surface area contributed by atoms with Crippen LogP contribution >= 0.6 is 0 Å². The summed E-state index contributed by atoms with van der Waals surface area (Å²) in [4.78, 5) is 6.57. The number of piperidine rings is 1. The van der Waals surface area contributed by atoms with Crippen molar-refractivity contribution in [3.05, 3.63) is 24.5 Å². The molecule has 0 unspecified atom stereocenters. The minimum absolute atomic E-state index is 0.425. The predicted octanol–water partition coefficient (Wildman–Crippen LogP) is 1.41. The molecule has 80 valence electrons. The molecule has 1 N–H and O–H groups in total. The van der Waals surface area contributed by atoms with E-state index in [1.54, 1.807) is 0 Å². The Morgan fingerprint density at radius 2 is 2.27 bits per heavy atom. The van der Waals surface area contributed by atoms with Crippen molar-refractivity contribution in [3.8, 4) is 0 Å². The highest BCUT2D eigenvalue weighted by atomic mass is 15.3. The van der Waals surface area contributed by atoms with Gasteiger partial charge in [0, 0.05) is 19.3 Å². The van der Waals surface area contributed by atoms with Crippen molar-refractivity contribution in [2.45, 2.75) is 24.8 Å². The standard InChI is InChI=1S/C12H17N3/c1-2-7-14-12(5-1)9-15(10-12)11-4-3-6-13-8-11/h3-4,6,8,14H,1-2,5,7,9-10H2. The molecule has 3 heteroatoms. The van der Waals surface area contributed by atoms with Crippen LogP contribution in [0.2, 0.25) is 0 Å². The number of rotatable bonds is 1. The first kappa shape index (κ1) is 9.16. The summed E-state index contributed by atoms with van der Waals surface area (Å²) >= 11 is 0. The Labute approximate surface area is 90.5 Å². The Hall–Kier alpha value is -1.09. The van der Waals surface area contributed by atoms with Crippen LogP contribution in [0.1, 0.15) is 19.3 Å². The molecule has 0 bridgehead atoms. The molecule has 1 aromatic heterocycles. The zero-order valence-electron chi connectivity index (χ0n) is 8.95. The maximum Gasteiger partial charge on any atom is 0.0554 e. The van der Waals surface area contributed by atoms with E-state index in [0.29, 0.717) is 5.54 Å². The summed E-state index contributed by atoms with van der Waals surface area (Å²) in [6, 6.07) is 4.15. The number of hydrogen-bond acceptors (Lipinski definition) is 3. The zero-order chi connectivity index (χ0) is 10.1. The van der Waals surface area contributed by atoms with Gasteiger partial charge in [-0.05, 0) is 31.5 Å². The highest BCUT2D eigenvalue weighted by Crippen LogP contribution is 2.32. The number of hydrogen-bond donors (Lipinski definition) is 1. The van der Waals surface area contributed by atoms with E-state index < -0.39 is 0 Å². The molecule has 3 rings (SSSR count). The first-order chi connectivity index (χ1) is 7.38. The summed E-state index contributed by atoms with van der Waals surface area (Å²) in [6.45, 7) is 3.50. The second-order valence-electron chi connectivity index (χ2n) is 4.73. The van der Waals surface area contributed by atoms with Crippen LogP contribution in [0.25, 0.3) is 0 Å². The minimum atomic E-state index is 0.425. The smallest absolute Gasteiger partial charge is 0.0554 e. The van der Waals surface area contributed by atoms with E-state index in [2.05, 4.69) is 21.3 Å². The quantitative estimate of drug-likeness (QED) is 0.748. The molecule has 0 atom stereocenters. The molecule has 2 fully saturated rings. The van der Waals surface area contributed by atoms with Gasteiger partial charge in [0.25, 0.3) is 0 Å². The molecule has 2 aliphatic heterocycles. The van der Waals surface area contributed by atoms with Gasteiger partial charge in [-0.3, -0.25) is 4.98 Å². The third kappa shape index (κ3) is 1.61. The van der Waals surface area contributed by atoms with Crippen molar-refractivity contribution >= 4 is 5.69 Å². The van der Waals surface area contributed by atoms with E-state index in [4.69, 9.17) is 0 Å². The van der Waals surface area contributed by atoms with Crippen LogP contribution in [0.15, 0.2) is 24.5 Å². The van der Waals surface area contributed by atoms with Crippen molar-refractivity contribution in [1.29, 1.82) is 0 Å². The molecule has 0 aromatic carbocycles. The fourth-order valence-electron chi connectivity index (χ4n) is 2.71. The van der Waals surface area contributed by atoms with E-state index in [1.807, 2.05) is 18.5 Å². The number of nitrogens with zero attached hydrogens (tertiary/aromatic N) is 2. The first-order valence-electron chi connectivity index (χ1n) is 5.78. The maximum atomic E-state index is 4.16. The molecular weight excluding hydrogens is 186 g/mol. The summed E-state index contributed by atoms with van der Waals surface area (Å²) in [7, 11) is 0. The Balaban J connectivity index is 1.66. The van der Waals surface area contributed by atoms with Gasteiger partial charge in [0.05, 0.1) is 17.4 Å². The fourth-order valence-corrected chi connectivity index (χ4v) is 2.71. The van der Waals surface area contributed by atoms with Crippen LogP contribution in [0.5, 0.6) is 0 Å². The summed E-state index contributed by atoms with van der Waals surface area (Å²) in [5.41, 5.74) is 1.68. The monoisotopic (exact) mass is 203 g/mol. The van der Waals surface area contributed by atoms with Crippen LogP contribution in [0, 0.1) is 0 Å². The Kier molecular flexibility index (Phi) is 2.13. The average Bonchev–Trinajstić information content (AvgIpc) is 2.28. The van der Waals surface area contributed by atoms with E-state index >= 15 is 0 Å². The van der Waals surface area contributed by atoms with Crippen molar-refractivity contribution in [1.82, 2.24) is 10.3 Å². The molecule has 15 heavy (non-hydrogen) atoms. The van der Waals surface area contributed by atoms with Crippen molar-refractivity contribution in [3.63, 3.8) is 0 Å². The number of anilines is 1. The van der Waals surface area contributed by atoms with Gasteiger partial charge in [-0.1, -0.05) is 6.42 Å². The third-order valence-corrected chi connectivity index (χ3v) is 3.58. The maximum absolute atomic E-state index is 4.16. The van der Waals surface area contributed by atoms with Gasteiger partial charge in [-0.2, -0.15) is 0 Å². The highest BCUT2D eigenvalue weighted by molar-refractivity contribution is 5.49. The lowest BCUT2D eigenvalue weighted by Gasteiger charge is -2.53. The number of nitrogens with one attached hydrogen (secondary N) is 1. The molecule has 2 aliphatic rings. The molecule has 1 aromatic rings. The van der Waals surface area contributed by atoms with Crippen molar-refractivity contribution in [2.24, 2.45) is 0 Å². The second-order valence-corrected chi connectivity index (χ2v) is 4.73. The average molecular weight is 203 g/mol. The topological polar surface area (TPSA) is 28.2 Å². The van der Waals surface area contributed by atoms with Crippen molar-refractivity contribution < 1.29 is 0 Å². The number of pyridine rings is 1. The first-order valence-corrected chi connectivity index (χ1v) is 5.78. The van der Waals surface area contributed by atoms with Gasteiger partial charge in [0.1, 0.15) is 0 Å². The lowest BCUT2D eigenvalue weighted by molar-refractivity contribution is 0.202. The van der Waals surface area contributed by atoms with Crippen LogP contribution in [0.3, 0.4) is 0 Å². The lowest BCUT2D eigenvalue weighted by Crippen LogP contribution is -2.70. The molecule has 2 saturated heterocycles. The predicted molar refractivity (Wildman–Crippen MR) is 61.0 cm³/mol.